The van der Waals surface area contributed by atoms with Gasteiger partial charge in [-0.25, -0.2) is 9.18 Å². The molecule has 6 heteroatoms. The number of thiocarbonyl (C=S) groups is 1. The van der Waals surface area contributed by atoms with E-state index in [1.54, 1.807) is 31.2 Å². The molecule has 2 rings (SSSR count). The van der Waals surface area contributed by atoms with E-state index >= 15 is 0 Å². The van der Waals surface area contributed by atoms with Gasteiger partial charge in [-0.3, -0.25) is 0 Å². The van der Waals surface area contributed by atoms with Crippen LogP contribution in [0.25, 0.3) is 0 Å². The van der Waals surface area contributed by atoms with Crippen molar-refractivity contribution in [2.45, 2.75) is 13.8 Å². The number of hydrogen-bond acceptors (Lipinski definition) is 3. The molecule has 23 heavy (non-hydrogen) atoms. The molecule has 0 fully saturated rings. The lowest BCUT2D eigenvalue weighted by Crippen LogP contribution is -2.20. The molecule has 0 bridgehead atoms. The largest absolute Gasteiger partial charge is 0.462 e. The number of esters is 1. The summed E-state index contributed by atoms with van der Waals surface area (Å²) in [6, 6.07) is 11.1. The SMILES string of the molecule is CCOC(=O)c1ccc(C)c(NC(=S)Nc2ccc(F)cc2)c1. The quantitative estimate of drug-likeness (QED) is 0.651. The summed E-state index contributed by atoms with van der Waals surface area (Å²) >= 11 is 5.24. The minimum atomic E-state index is -0.382. The highest BCUT2D eigenvalue weighted by atomic mass is 32.1. The van der Waals surface area contributed by atoms with Crippen molar-refractivity contribution in [3.8, 4) is 0 Å². The van der Waals surface area contributed by atoms with Gasteiger partial charge >= 0.3 is 5.97 Å². The first-order valence-corrected chi connectivity index (χ1v) is 7.51. The Labute approximate surface area is 139 Å². The van der Waals surface area contributed by atoms with Gasteiger partial charge in [0.05, 0.1) is 12.2 Å². The molecular weight excluding hydrogens is 315 g/mol. The zero-order valence-corrected chi connectivity index (χ0v) is 13.7. The maximum absolute atomic E-state index is 12.9. The summed E-state index contributed by atoms with van der Waals surface area (Å²) in [5.41, 5.74) is 2.75. The van der Waals surface area contributed by atoms with Gasteiger partial charge in [-0.05, 0) is 68.0 Å². The van der Waals surface area contributed by atoms with Crippen LogP contribution in [-0.4, -0.2) is 17.7 Å². The molecule has 120 valence electrons. The summed E-state index contributed by atoms with van der Waals surface area (Å²) < 4.78 is 17.9. The second-order valence-electron chi connectivity index (χ2n) is 4.84. The zero-order chi connectivity index (χ0) is 16.8. The predicted molar refractivity (Wildman–Crippen MR) is 93.4 cm³/mol. The number of anilines is 2. The van der Waals surface area contributed by atoms with Crippen molar-refractivity contribution >= 4 is 34.7 Å². The van der Waals surface area contributed by atoms with Crippen molar-refractivity contribution in [3.05, 3.63) is 59.4 Å². The summed E-state index contributed by atoms with van der Waals surface area (Å²) in [5, 5.41) is 6.33. The maximum atomic E-state index is 12.9. The summed E-state index contributed by atoms with van der Waals surface area (Å²) in [5.74, 6) is -0.694. The monoisotopic (exact) mass is 332 g/mol. The number of halogens is 1. The van der Waals surface area contributed by atoms with Crippen molar-refractivity contribution < 1.29 is 13.9 Å². The van der Waals surface area contributed by atoms with Gasteiger partial charge in [0.25, 0.3) is 0 Å². The van der Waals surface area contributed by atoms with Gasteiger partial charge in [-0.15, -0.1) is 0 Å². The van der Waals surface area contributed by atoms with Crippen LogP contribution in [0.1, 0.15) is 22.8 Å². The lowest BCUT2D eigenvalue weighted by Gasteiger charge is -2.13. The highest BCUT2D eigenvalue weighted by molar-refractivity contribution is 7.80. The first kappa shape index (κ1) is 16.9. The van der Waals surface area contributed by atoms with Crippen LogP contribution in [0.15, 0.2) is 42.5 Å². The van der Waals surface area contributed by atoms with E-state index in [4.69, 9.17) is 17.0 Å². The number of hydrogen-bond donors (Lipinski definition) is 2. The van der Waals surface area contributed by atoms with Crippen LogP contribution >= 0.6 is 12.2 Å². The van der Waals surface area contributed by atoms with Crippen molar-refractivity contribution in [2.24, 2.45) is 0 Å². The molecular formula is C17H17FN2O2S. The lowest BCUT2D eigenvalue weighted by molar-refractivity contribution is 0.0526. The molecule has 0 radical (unpaired) electrons. The van der Waals surface area contributed by atoms with E-state index in [9.17, 15) is 9.18 Å². The van der Waals surface area contributed by atoms with Crippen LogP contribution in [0, 0.1) is 12.7 Å². The molecule has 0 atom stereocenters. The Kier molecular flexibility index (Phi) is 5.65. The first-order chi connectivity index (χ1) is 11.0. The molecule has 0 aliphatic heterocycles. The Bertz CT molecular complexity index is 717. The van der Waals surface area contributed by atoms with E-state index in [0.29, 0.717) is 28.7 Å². The normalized spacial score (nSPS) is 10.0. The molecule has 4 nitrogen and oxygen atoms in total. The van der Waals surface area contributed by atoms with Crippen LogP contribution in [-0.2, 0) is 4.74 Å². The van der Waals surface area contributed by atoms with Gasteiger partial charge in [0, 0.05) is 11.4 Å². The molecule has 0 saturated carbocycles. The molecule has 0 aromatic heterocycles. The van der Waals surface area contributed by atoms with Gasteiger partial charge in [0.15, 0.2) is 5.11 Å². The van der Waals surface area contributed by atoms with Crippen molar-refractivity contribution in [1.82, 2.24) is 0 Å². The van der Waals surface area contributed by atoms with E-state index in [0.717, 1.165) is 5.56 Å². The molecule has 0 aliphatic rings. The third-order valence-electron chi connectivity index (χ3n) is 3.10. The summed E-state index contributed by atoms with van der Waals surface area (Å²) in [6.07, 6.45) is 0. The number of carbonyl (C=O) groups excluding carboxylic acids is 1. The Balaban J connectivity index is 2.09. The third kappa shape index (κ3) is 4.75. The van der Waals surface area contributed by atoms with Crippen molar-refractivity contribution in [2.75, 3.05) is 17.2 Å². The van der Waals surface area contributed by atoms with E-state index in [1.807, 2.05) is 13.0 Å². The zero-order valence-electron chi connectivity index (χ0n) is 12.9. The number of benzene rings is 2. The number of nitrogens with one attached hydrogen (secondary N) is 2. The number of rotatable bonds is 4. The van der Waals surface area contributed by atoms with Crippen LogP contribution < -0.4 is 10.6 Å². The Morgan fingerprint density at radius 2 is 1.87 bits per heavy atom. The van der Waals surface area contributed by atoms with Crippen LogP contribution in [0.5, 0.6) is 0 Å². The fraction of sp³-hybridized carbons (Fsp3) is 0.176. The molecule has 2 aromatic carbocycles. The second kappa shape index (κ2) is 7.69. The van der Waals surface area contributed by atoms with Gasteiger partial charge in [-0.1, -0.05) is 6.07 Å². The second-order valence-corrected chi connectivity index (χ2v) is 5.24. The minimum Gasteiger partial charge on any atom is -0.462 e. The number of aryl methyl sites for hydroxylation is 1. The van der Waals surface area contributed by atoms with Crippen molar-refractivity contribution in [3.63, 3.8) is 0 Å². The highest BCUT2D eigenvalue weighted by Crippen LogP contribution is 2.18. The Morgan fingerprint density at radius 3 is 2.52 bits per heavy atom. The first-order valence-electron chi connectivity index (χ1n) is 7.11. The van der Waals surface area contributed by atoms with E-state index in [1.165, 1.54) is 12.1 Å². The highest BCUT2D eigenvalue weighted by Gasteiger charge is 2.10. The molecule has 0 saturated heterocycles. The Morgan fingerprint density at radius 1 is 1.17 bits per heavy atom. The van der Waals surface area contributed by atoms with E-state index in [2.05, 4.69) is 10.6 Å². The van der Waals surface area contributed by atoms with E-state index < -0.39 is 0 Å². The fourth-order valence-electron chi connectivity index (χ4n) is 1.92. The molecule has 2 aromatic rings. The molecule has 0 amide bonds. The van der Waals surface area contributed by atoms with Crippen LogP contribution in [0.3, 0.4) is 0 Å². The molecule has 0 heterocycles. The average molecular weight is 332 g/mol. The Hall–Kier alpha value is -2.47. The maximum Gasteiger partial charge on any atom is 0.338 e. The van der Waals surface area contributed by atoms with Gasteiger partial charge < -0.3 is 15.4 Å². The fourth-order valence-corrected chi connectivity index (χ4v) is 2.14. The summed E-state index contributed by atoms with van der Waals surface area (Å²) in [6.45, 7) is 3.98. The molecule has 0 aliphatic carbocycles. The van der Waals surface area contributed by atoms with Gasteiger partial charge in [-0.2, -0.15) is 0 Å². The lowest BCUT2D eigenvalue weighted by atomic mass is 10.1. The van der Waals surface area contributed by atoms with Crippen LogP contribution in [0.4, 0.5) is 15.8 Å². The third-order valence-corrected chi connectivity index (χ3v) is 3.30. The van der Waals surface area contributed by atoms with Crippen molar-refractivity contribution in [1.29, 1.82) is 0 Å². The number of carbonyl (C=O) groups is 1. The topological polar surface area (TPSA) is 50.4 Å². The molecule has 0 spiro atoms. The molecule has 0 unspecified atom stereocenters. The van der Waals surface area contributed by atoms with Crippen LogP contribution in [0.2, 0.25) is 0 Å². The van der Waals surface area contributed by atoms with Gasteiger partial charge in [0.2, 0.25) is 0 Å². The summed E-state index contributed by atoms with van der Waals surface area (Å²) in [4.78, 5) is 11.8. The molecule has 2 N–H and O–H groups in total. The number of ether oxygens (including phenoxy) is 1. The summed E-state index contributed by atoms with van der Waals surface area (Å²) in [7, 11) is 0. The minimum absolute atomic E-state index is 0.313. The van der Waals surface area contributed by atoms with E-state index in [-0.39, 0.29) is 11.8 Å². The standard InChI is InChI=1S/C17H17FN2O2S/c1-3-22-16(21)12-5-4-11(2)15(10-12)20-17(23)19-14-8-6-13(18)7-9-14/h4-10H,3H2,1-2H3,(H2,19,20,23). The average Bonchev–Trinajstić information content (AvgIpc) is 2.52. The predicted octanol–water partition coefficient (Wildman–Crippen LogP) is 4.12. The van der Waals surface area contributed by atoms with Gasteiger partial charge in [0.1, 0.15) is 5.82 Å². The smallest absolute Gasteiger partial charge is 0.338 e.